The van der Waals surface area contributed by atoms with Crippen LogP contribution < -0.4 is 21.1 Å². The third-order valence-corrected chi connectivity index (χ3v) is 8.58. The first-order valence-electron chi connectivity index (χ1n) is 11.0. The van der Waals surface area contributed by atoms with Crippen molar-refractivity contribution >= 4 is 35.0 Å². The number of thiophene rings is 1. The Morgan fingerprint density at radius 2 is 2.36 bits per heavy atom. The molecule has 3 aliphatic rings. The molecule has 2 atom stereocenters. The fourth-order valence-corrected chi connectivity index (χ4v) is 6.54. The van der Waals surface area contributed by atoms with Crippen LogP contribution in [0.25, 0.3) is 5.00 Å². The molecule has 0 radical (unpaired) electrons. The Kier molecular flexibility index (Phi) is 5.22. The average molecular weight is 488 g/mol. The van der Waals surface area contributed by atoms with Crippen molar-refractivity contribution in [3.05, 3.63) is 40.2 Å². The number of furan rings is 1. The molecule has 1 saturated heterocycles. The molecule has 3 aromatic heterocycles. The molecule has 12 heteroatoms. The maximum atomic E-state index is 12.4. The highest BCUT2D eigenvalue weighted by molar-refractivity contribution is 7.99. The van der Waals surface area contributed by atoms with Gasteiger partial charge < -0.3 is 14.5 Å². The Labute approximate surface area is 199 Å². The number of nitrogens with zero attached hydrogens (tertiary/aromatic N) is 4. The molecule has 33 heavy (non-hydrogen) atoms. The van der Waals surface area contributed by atoms with Gasteiger partial charge in [-0.1, -0.05) is 18.7 Å². The summed E-state index contributed by atoms with van der Waals surface area (Å²) in [5, 5.41) is 19.2. The van der Waals surface area contributed by atoms with E-state index in [1.807, 2.05) is 11.1 Å². The zero-order valence-electron chi connectivity index (χ0n) is 18.4. The first kappa shape index (κ1) is 21.2. The van der Waals surface area contributed by atoms with Crippen LogP contribution in [0.5, 0.6) is 0 Å². The van der Waals surface area contributed by atoms with Gasteiger partial charge in [-0.3, -0.25) is 15.1 Å². The number of carbonyl (C=O) groups is 1. The first-order valence-corrected chi connectivity index (χ1v) is 12.8. The van der Waals surface area contributed by atoms with Crippen molar-refractivity contribution in [3.8, 4) is 5.00 Å². The van der Waals surface area contributed by atoms with E-state index in [4.69, 9.17) is 9.15 Å². The molecule has 3 aliphatic heterocycles. The van der Waals surface area contributed by atoms with Crippen LogP contribution in [0.1, 0.15) is 48.2 Å². The smallest absolute Gasteiger partial charge is 0.249 e. The van der Waals surface area contributed by atoms with E-state index >= 15 is 0 Å². The number of aromatic nitrogens is 3. The van der Waals surface area contributed by atoms with Crippen LogP contribution >= 0.6 is 23.1 Å². The van der Waals surface area contributed by atoms with Gasteiger partial charge in [0.15, 0.2) is 5.16 Å². The molecule has 0 aliphatic carbocycles. The fourth-order valence-electron chi connectivity index (χ4n) is 4.46. The summed E-state index contributed by atoms with van der Waals surface area (Å²) in [5.41, 5.74) is 5.84. The number of hydrogen-bond acceptors (Lipinski definition) is 10. The summed E-state index contributed by atoms with van der Waals surface area (Å²) in [4.78, 5) is 13.7. The van der Waals surface area contributed by atoms with E-state index in [1.54, 1.807) is 23.7 Å². The van der Waals surface area contributed by atoms with E-state index in [1.165, 1.54) is 27.8 Å². The largest absolute Gasteiger partial charge is 0.467 e. The van der Waals surface area contributed by atoms with E-state index in [9.17, 15) is 4.79 Å². The van der Waals surface area contributed by atoms with E-state index in [2.05, 4.69) is 44.7 Å². The van der Waals surface area contributed by atoms with Gasteiger partial charge in [-0.25, -0.2) is 9.99 Å². The van der Waals surface area contributed by atoms with Crippen molar-refractivity contribution in [2.45, 2.75) is 56.8 Å². The molecule has 3 N–H and O–H groups in total. The molecule has 0 bridgehead atoms. The van der Waals surface area contributed by atoms with Gasteiger partial charge in [0.05, 0.1) is 37.4 Å². The number of fused-ring (bicyclic) bond motifs is 8. The Bertz CT molecular complexity index is 1190. The second-order valence-electron chi connectivity index (χ2n) is 8.57. The molecule has 3 aromatic rings. The average Bonchev–Trinajstić information content (AvgIpc) is 3.60. The highest BCUT2D eigenvalue weighted by Gasteiger charge is 2.44. The van der Waals surface area contributed by atoms with Crippen LogP contribution in [-0.2, 0) is 29.1 Å². The number of rotatable bonds is 6. The highest BCUT2D eigenvalue weighted by atomic mass is 32.2. The monoisotopic (exact) mass is 487 g/mol. The summed E-state index contributed by atoms with van der Waals surface area (Å²) in [5.74, 6) is 1.61. The highest BCUT2D eigenvalue weighted by Crippen LogP contribution is 2.48. The van der Waals surface area contributed by atoms with Gasteiger partial charge in [0.25, 0.3) is 0 Å². The quantitative estimate of drug-likeness (QED) is 0.452. The van der Waals surface area contributed by atoms with Gasteiger partial charge in [-0.15, -0.1) is 21.5 Å². The topological polar surface area (TPSA) is 109 Å². The summed E-state index contributed by atoms with van der Waals surface area (Å²) >= 11 is 3.12. The molecule has 6 rings (SSSR count). The Morgan fingerprint density at radius 3 is 3.18 bits per heavy atom. The maximum absolute atomic E-state index is 12.4. The Morgan fingerprint density at radius 1 is 1.45 bits per heavy atom. The lowest BCUT2D eigenvalue weighted by Gasteiger charge is -2.35. The Balaban J connectivity index is 1.29. The van der Waals surface area contributed by atoms with Crippen LogP contribution in [0.15, 0.2) is 28.0 Å². The molecule has 6 heterocycles. The number of hydrazine groups is 1. The second-order valence-corrected chi connectivity index (χ2v) is 10.6. The maximum Gasteiger partial charge on any atom is 0.249 e. The van der Waals surface area contributed by atoms with Crippen molar-refractivity contribution < 1.29 is 13.9 Å². The number of ether oxygens (including phenoxy) is 1. The van der Waals surface area contributed by atoms with Gasteiger partial charge in [-0.2, -0.15) is 0 Å². The minimum atomic E-state index is -0.157. The van der Waals surface area contributed by atoms with Crippen molar-refractivity contribution in [2.24, 2.45) is 0 Å². The molecule has 0 spiro atoms. The molecule has 0 aromatic carbocycles. The molecule has 174 valence electrons. The van der Waals surface area contributed by atoms with Crippen molar-refractivity contribution in [1.29, 1.82) is 0 Å². The summed E-state index contributed by atoms with van der Waals surface area (Å²) in [7, 11) is 0. The molecule has 1 unspecified atom stereocenters. The summed E-state index contributed by atoms with van der Waals surface area (Å²) < 4.78 is 13.6. The third kappa shape index (κ3) is 3.56. The second kappa shape index (κ2) is 8.13. The number of carbonyl (C=O) groups excluding carboxylic acids is 1. The van der Waals surface area contributed by atoms with Gasteiger partial charge in [0, 0.05) is 16.9 Å². The normalized spacial score (nSPS) is 23.1. The minimum absolute atomic E-state index is 0.00495. The summed E-state index contributed by atoms with van der Waals surface area (Å²) in [6, 6.07) is 3.64. The van der Waals surface area contributed by atoms with Crippen LogP contribution in [-0.4, -0.2) is 38.7 Å². The standard InChI is InChI=1S/C21H25N7O3S2/c1-3-21(2)7-13-14(9-31-21)33-18-16(13)17-23-11-24-28(17)19-25-26-20(27(18)19)32-10-15(29)22-8-12-5-4-6-30-12/h4-6,17,23-24H,3,7-11H2,1-2H3,(H,22,29)/t17?,21-/m1/s1. The lowest BCUT2D eigenvalue weighted by molar-refractivity contribution is -0.118. The number of thioether (sulfide) groups is 1. The lowest BCUT2D eigenvalue weighted by atomic mass is 9.88. The summed E-state index contributed by atoms with van der Waals surface area (Å²) in [6.45, 7) is 6.00. The van der Waals surface area contributed by atoms with E-state index in [-0.39, 0.29) is 23.4 Å². The Hall–Kier alpha value is -2.38. The zero-order chi connectivity index (χ0) is 22.6. The molecule has 0 saturated carbocycles. The van der Waals surface area contributed by atoms with E-state index in [0.29, 0.717) is 25.0 Å². The van der Waals surface area contributed by atoms with Crippen molar-refractivity contribution in [2.75, 3.05) is 17.4 Å². The number of hydrogen-bond donors (Lipinski definition) is 3. The number of amides is 1. The first-order chi connectivity index (χ1) is 16.1. The van der Waals surface area contributed by atoms with Crippen molar-refractivity contribution in [3.63, 3.8) is 0 Å². The predicted octanol–water partition coefficient (Wildman–Crippen LogP) is 2.46. The van der Waals surface area contributed by atoms with E-state index in [0.717, 1.165) is 29.6 Å². The third-order valence-electron chi connectivity index (χ3n) is 6.45. The number of anilines is 1. The van der Waals surface area contributed by atoms with Crippen LogP contribution in [0, 0.1) is 0 Å². The van der Waals surface area contributed by atoms with Crippen LogP contribution in [0.2, 0.25) is 0 Å². The number of nitrogens with one attached hydrogen (secondary N) is 3. The van der Waals surface area contributed by atoms with Crippen LogP contribution in [0.4, 0.5) is 5.95 Å². The SMILES string of the molecule is CC[C@]1(C)Cc2c(sc3c2C2NCNN2c2nnc(SCC(=O)NCc4ccco4)n2-3)CO1. The fraction of sp³-hybridized carbons (Fsp3) is 0.476. The molecular weight excluding hydrogens is 462 g/mol. The van der Waals surface area contributed by atoms with Crippen molar-refractivity contribution in [1.82, 2.24) is 30.8 Å². The molecule has 10 nitrogen and oxygen atoms in total. The minimum Gasteiger partial charge on any atom is -0.467 e. The van der Waals surface area contributed by atoms with Gasteiger partial charge in [0.1, 0.15) is 16.9 Å². The van der Waals surface area contributed by atoms with Gasteiger partial charge in [-0.05, 0) is 31.0 Å². The van der Waals surface area contributed by atoms with Gasteiger partial charge >= 0.3 is 0 Å². The molecule has 1 fully saturated rings. The zero-order valence-corrected chi connectivity index (χ0v) is 20.0. The lowest BCUT2D eigenvalue weighted by Crippen LogP contribution is -2.40. The van der Waals surface area contributed by atoms with Gasteiger partial charge in [0.2, 0.25) is 11.9 Å². The van der Waals surface area contributed by atoms with E-state index < -0.39 is 0 Å². The predicted molar refractivity (Wildman–Crippen MR) is 124 cm³/mol. The van der Waals surface area contributed by atoms with Crippen LogP contribution in [0.3, 0.4) is 0 Å². The summed E-state index contributed by atoms with van der Waals surface area (Å²) in [6.07, 6.45) is 3.44. The molecular formula is C21H25N7O3S2. The molecule has 1 amide bonds.